The topological polar surface area (TPSA) is 70.8 Å². The Bertz CT molecular complexity index is 1220. The van der Waals surface area contributed by atoms with Gasteiger partial charge in [-0.25, -0.2) is 8.42 Å². The van der Waals surface area contributed by atoms with Gasteiger partial charge in [-0.1, -0.05) is 63.2 Å². The Morgan fingerprint density at radius 3 is 2.03 bits per heavy atom. The van der Waals surface area contributed by atoms with Crippen LogP contribution >= 0.6 is 0 Å². The summed E-state index contributed by atoms with van der Waals surface area (Å²) in [5.74, 6) is 0.381. The summed E-state index contributed by atoms with van der Waals surface area (Å²) in [6.07, 6.45) is 2.23. The number of hydrogen-bond donors (Lipinski definition) is 0. The molecule has 0 N–H and O–H groups in total. The second kappa shape index (κ2) is 11.0. The lowest BCUT2D eigenvalue weighted by Crippen LogP contribution is -2.51. The summed E-state index contributed by atoms with van der Waals surface area (Å²) >= 11 is 0. The lowest BCUT2D eigenvalue weighted by atomic mass is 9.87. The smallest absolute Gasteiger partial charge is 0.244 e. The zero-order chi connectivity index (χ0) is 26.6. The van der Waals surface area contributed by atoms with Crippen LogP contribution in [0.15, 0.2) is 82.3 Å². The van der Waals surface area contributed by atoms with Crippen molar-refractivity contribution in [2.45, 2.75) is 70.4 Å². The molecule has 0 aliphatic rings. The Kier molecular flexibility index (Phi) is 8.47. The van der Waals surface area contributed by atoms with Gasteiger partial charge in [0.2, 0.25) is 15.9 Å². The van der Waals surface area contributed by atoms with E-state index in [0.717, 1.165) is 11.1 Å². The van der Waals surface area contributed by atoms with Gasteiger partial charge in [0.1, 0.15) is 5.76 Å². The minimum absolute atomic E-state index is 0.0902. The predicted molar refractivity (Wildman–Crippen MR) is 143 cm³/mol. The zero-order valence-electron chi connectivity index (χ0n) is 22.2. The molecular formula is C29H38N2O4S. The van der Waals surface area contributed by atoms with E-state index in [1.165, 1.54) is 4.31 Å². The molecule has 0 spiro atoms. The van der Waals surface area contributed by atoms with E-state index in [-0.39, 0.29) is 29.3 Å². The van der Waals surface area contributed by atoms with Crippen molar-refractivity contribution in [1.82, 2.24) is 9.21 Å². The highest BCUT2D eigenvalue weighted by Crippen LogP contribution is 2.28. The molecule has 6 nitrogen and oxygen atoms in total. The lowest BCUT2D eigenvalue weighted by Gasteiger charge is -2.35. The Labute approximate surface area is 216 Å². The van der Waals surface area contributed by atoms with Crippen LogP contribution in [0.25, 0.3) is 0 Å². The number of carbonyl (C=O) groups is 1. The Balaban J connectivity index is 1.86. The maximum absolute atomic E-state index is 13.7. The van der Waals surface area contributed by atoms with Crippen LogP contribution in [0.3, 0.4) is 0 Å². The average molecular weight is 511 g/mol. The summed E-state index contributed by atoms with van der Waals surface area (Å²) in [6.45, 7) is 12.1. The third-order valence-corrected chi connectivity index (χ3v) is 8.25. The molecular weight excluding hydrogens is 472 g/mol. The van der Waals surface area contributed by atoms with Gasteiger partial charge in [-0.2, -0.15) is 4.31 Å². The highest BCUT2D eigenvalue weighted by molar-refractivity contribution is 7.89. The van der Waals surface area contributed by atoms with Crippen LogP contribution < -0.4 is 0 Å². The summed E-state index contributed by atoms with van der Waals surface area (Å²) < 4.78 is 34.2. The number of furan rings is 1. The molecule has 2 aromatic carbocycles. The van der Waals surface area contributed by atoms with Gasteiger partial charge in [-0.15, -0.1) is 0 Å². The molecule has 7 heteroatoms. The number of hydrogen-bond acceptors (Lipinski definition) is 4. The fourth-order valence-corrected chi connectivity index (χ4v) is 5.69. The molecule has 0 aliphatic heterocycles. The quantitative estimate of drug-likeness (QED) is 0.374. The maximum Gasteiger partial charge on any atom is 0.244 e. The number of rotatable bonds is 9. The average Bonchev–Trinajstić information content (AvgIpc) is 3.32. The standard InChI is InChI=1S/C29H38N2O4S/c1-28(2,3)24-14-16-26(17-15-24)36(33,34)31(29(4,5)6)22-27(32)30(21-25-13-10-20-35-25)19-18-23-11-8-7-9-12-23/h7-17,20H,18-19,21-22H2,1-6H3. The second-order valence-corrected chi connectivity index (χ2v) is 12.9. The van der Waals surface area contributed by atoms with E-state index in [2.05, 4.69) is 20.8 Å². The number of carbonyl (C=O) groups excluding carboxylic acids is 1. The van der Waals surface area contributed by atoms with Crippen molar-refractivity contribution >= 4 is 15.9 Å². The van der Waals surface area contributed by atoms with Gasteiger partial charge in [0.15, 0.2) is 0 Å². The van der Waals surface area contributed by atoms with Crippen LogP contribution in [0.4, 0.5) is 0 Å². The van der Waals surface area contributed by atoms with Gasteiger partial charge >= 0.3 is 0 Å². The summed E-state index contributed by atoms with van der Waals surface area (Å²) in [4.78, 5) is 15.4. The fraction of sp³-hybridized carbons (Fsp3) is 0.414. The van der Waals surface area contributed by atoms with Crippen LogP contribution in [0.2, 0.25) is 0 Å². The van der Waals surface area contributed by atoms with E-state index in [1.807, 2.05) is 69.3 Å². The SMILES string of the molecule is CC(C)(C)c1ccc(S(=O)(=O)N(CC(=O)N(CCc2ccccc2)Cc2ccco2)C(C)(C)C)cc1. The minimum Gasteiger partial charge on any atom is -0.467 e. The first-order valence-electron chi connectivity index (χ1n) is 12.3. The molecule has 3 rings (SSSR count). The number of sulfonamides is 1. The van der Waals surface area contributed by atoms with Crippen molar-refractivity contribution in [2.24, 2.45) is 0 Å². The van der Waals surface area contributed by atoms with Crippen LogP contribution in [0.1, 0.15) is 58.4 Å². The van der Waals surface area contributed by atoms with E-state index in [9.17, 15) is 13.2 Å². The monoisotopic (exact) mass is 510 g/mol. The first-order valence-corrected chi connectivity index (χ1v) is 13.7. The minimum atomic E-state index is -3.92. The van der Waals surface area contributed by atoms with Gasteiger partial charge in [-0.3, -0.25) is 4.79 Å². The molecule has 1 amide bonds. The van der Waals surface area contributed by atoms with Gasteiger partial charge in [0.25, 0.3) is 0 Å². The normalized spacial score (nSPS) is 12.6. The molecule has 36 heavy (non-hydrogen) atoms. The molecule has 0 unspecified atom stereocenters. The van der Waals surface area contributed by atoms with Gasteiger partial charge in [-0.05, 0) is 68.0 Å². The molecule has 0 aliphatic carbocycles. The third-order valence-electron chi connectivity index (χ3n) is 6.13. The Morgan fingerprint density at radius 1 is 0.861 bits per heavy atom. The van der Waals surface area contributed by atoms with E-state index in [0.29, 0.717) is 18.7 Å². The molecule has 0 bridgehead atoms. The van der Waals surface area contributed by atoms with Crippen LogP contribution in [0, 0.1) is 0 Å². The number of benzene rings is 2. The second-order valence-electron chi connectivity index (χ2n) is 11.1. The molecule has 194 valence electrons. The summed E-state index contributed by atoms with van der Waals surface area (Å²) in [7, 11) is -3.92. The third kappa shape index (κ3) is 7.08. The summed E-state index contributed by atoms with van der Waals surface area (Å²) in [5, 5.41) is 0. The van der Waals surface area contributed by atoms with Crippen molar-refractivity contribution in [3.63, 3.8) is 0 Å². The highest BCUT2D eigenvalue weighted by atomic mass is 32.2. The largest absolute Gasteiger partial charge is 0.467 e. The van der Waals surface area contributed by atoms with Gasteiger partial charge in [0.05, 0.1) is 24.2 Å². The van der Waals surface area contributed by atoms with Crippen molar-refractivity contribution in [1.29, 1.82) is 0 Å². The van der Waals surface area contributed by atoms with Crippen LogP contribution in [0.5, 0.6) is 0 Å². The molecule has 3 aromatic rings. The van der Waals surface area contributed by atoms with E-state index >= 15 is 0 Å². The zero-order valence-corrected chi connectivity index (χ0v) is 23.0. The first-order chi connectivity index (χ1) is 16.8. The van der Waals surface area contributed by atoms with E-state index in [4.69, 9.17) is 4.42 Å². The summed E-state index contributed by atoms with van der Waals surface area (Å²) in [5.41, 5.74) is 1.26. The maximum atomic E-state index is 13.7. The molecule has 0 saturated heterocycles. The highest BCUT2D eigenvalue weighted by Gasteiger charge is 2.37. The molecule has 0 saturated carbocycles. The number of amides is 1. The predicted octanol–water partition coefficient (Wildman–Crippen LogP) is 5.64. The molecule has 0 fully saturated rings. The van der Waals surface area contributed by atoms with E-state index < -0.39 is 15.6 Å². The van der Waals surface area contributed by atoms with Crippen molar-refractivity contribution in [3.05, 3.63) is 89.9 Å². The molecule has 1 heterocycles. The Hall–Kier alpha value is -2.90. The molecule has 0 atom stereocenters. The molecule has 1 aromatic heterocycles. The fourth-order valence-electron chi connectivity index (χ4n) is 3.95. The summed E-state index contributed by atoms with van der Waals surface area (Å²) in [6, 6.07) is 20.5. The van der Waals surface area contributed by atoms with Crippen LogP contribution in [-0.4, -0.2) is 42.2 Å². The first kappa shape index (κ1) is 27.7. The van der Waals surface area contributed by atoms with Crippen molar-refractivity contribution in [3.8, 4) is 0 Å². The number of nitrogens with zero attached hydrogens (tertiary/aromatic N) is 2. The van der Waals surface area contributed by atoms with Crippen LogP contribution in [-0.2, 0) is 33.2 Å². The molecule has 0 radical (unpaired) electrons. The van der Waals surface area contributed by atoms with E-state index in [1.54, 1.807) is 29.4 Å². The Morgan fingerprint density at radius 2 is 1.50 bits per heavy atom. The lowest BCUT2D eigenvalue weighted by molar-refractivity contribution is -0.133. The van der Waals surface area contributed by atoms with Crippen molar-refractivity contribution in [2.75, 3.05) is 13.1 Å². The van der Waals surface area contributed by atoms with Gasteiger partial charge < -0.3 is 9.32 Å². The van der Waals surface area contributed by atoms with Crippen molar-refractivity contribution < 1.29 is 17.6 Å². The van der Waals surface area contributed by atoms with Gasteiger partial charge in [0, 0.05) is 12.1 Å².